The molecule has 0 aliphatic rings. The summed E-state index contributed by atoms with van der Waals surface area (Å²) >= 11 is 0. The minimum Gasteiger partial charge on any atom is -1.00 e. The van der Waals surface area contributed by atoms with E-state index < -0.39 is 0 Å². The second kappa shape index (κ2) is 6.31. The van der Waals surface area contributed by atoms with Gasteiger partial charge in [-0.15, -0.1) is 0 Å². The second-order valence-corrected chi connectivity index (χ2v) is 4.46. The zero-order valence-electron chi connectivity index (χ0n) is 10.8. The van der Waals surface area contributed by atoms with Crippen LogP contribution in [0, 0.1) is 11.3 Å². The van der Waals surface area contributed by atoms with Gasteiger partial charge < -0.3 is 17.0 Å². The van der Waals surface area contributed by atoms with Gasteiger partial charge in [-0.25, -0.2) is 0 Å². The van der Waals surface area contributed by atoms with Gasteiger partial charge in [-0.3, -0.25) is 0 Å². The standard InChI is InChI=1S/C17H13N2.BrH/c18-12-16-9-3-4-11-19(16)13-15-8-5-7-14-6-1-2-10-17(14)15;/h1-11H,13H2;1H/q+1;/p-1. The van der Waals surface area contributed by atoms with Crippen molar-refractivity contribution >= 4 is 10.8 Å². The monoisotopic (exact) mass is 324 g/mol. The van der Waals surface area contributed by atoms with Gasteiger partial charge in [-0.1, -0.05) is 42.5 Å². The molecular weight excluding hydrogens is 312 g/mol. The Balaban J connectivity index is 0.00000147. The summed E-state index contributed by atoms with van der Waals surface area (Å²) in [5.41, 5.74) is 1.90. The third-order valence-electron chi connectivity index (χ3n) is 3.28. The summed E-state index contributed by atoms with van der Waals surface area (Å²) < 4.78 is 1.97. The maximum atomic E-state index is 9.14. The zero-order chi connectivity index (χ0) is 13.1. The van der Waals surface area contributed by atoms with Crippen LogP contribution in [0.5, 0.6) is 0 Å². The van der Waals surface area contributed by atoms with Crippen molar-refractivity contribution < 1.29 is 21.5 Å². The lowest BCUT2D eigenvalue weighted by Crippen LogP contribution is -3.00. The highest BCUT2D eigenvalue weighted by Gasteiger charge is 2.11. The predicted molar refractivity (Wildman–Crippen MR) is 74.4 cm³/mol. The molecule has 0 amide bonds. The predicted octanol–water partition coefficient (Wildman–Crippen LogP) is 0.0513. The molecule has 0 unspecified atom stereocenters. The van der Waals surface area contributed by atoms with Crippen LogP contribution >= 0.6 is 0 Å². The highest BCUT2D eigenvalue weighted by molar-refractivity contribution is 5.85. The Labute approximate surface area is 128 Å². The third-order valence-corrected chi connectivity index (χ3v) is 3.28. The average Bonchev–Trinajstić information content (AvgIpc) is 2.48. The Kier molecular flexibility index (Phi) is 4.49. The average molecular weight is 325 g/mol. The van der Waals surface area contributed by atoms with E-state index in [9.17, 15) is 0 Å². The molecule has 0 radical (unpaired) electrons. The van der Waals surface area contributed by atoms with E-state index in [1.165, 1.54) is 16.3 Å². The summed E-state index contributed by atoms with van der Waals surface area (Å²) in [6.07, 6.45) is 1.94. The molecule has 0 saturated carbocycles. The number of nitriles is 1. The molecule has 1 aromatic heterocycles. The van der Waals surface area contributed by atoms with Crippen LogP contribution in [0.4, 0.5) is 0 Å². The number of benzene rings is 2. The van der Waals surface area contributed by atoms with E-state index in [4.69, 9.17) is 5.26 Å². The Morgan fingerprint density at radius 2 is 1.65 bits per heavy atom. The molecule has 3 aromatic rings. The minimum absolute atomic E-state index is 0. The summed E-state index contributed by atoms with van der Waals surface area (Å²) in [4.78, 5) is 0. The van der Waals surface area contributed by atoms with Gasteiger partial charge in [0, 0.05) is 17.7 Å². The number of hydrogen-bond acceptors (Lipinski definition) is 1. The van der Waals surface area contributed by atoms with Gasteiger partial charge >= 0.3 is 0 Å². The van der Waals surface area contributed by atoms with Crippen molar-refractivity contribution in [3.63, 3.8) is 0 Å². The van der Waals surface area contributed by atoms with E-state index in [1.54, 1.807) is 0 Å². The van der Waals surface area contributed by atoms with Crippen LogP contribution in [0.25, 0.3) is 10.8 Å². The molecule has 0 aliphatic heterocycles. The molecule has 3 rings (SSSR count). The lowest BCUT2D eigenvalue weighted by Gasteiger charge is -2.04. The fraction of sp³-hybridized carbons (Fsp3) is 0.0588. The van der Waals surface area contributed by atoms with Crippen LogP contribution in [-0.4, -0.2) is 0 Å². The van der Waals surface area contributed by atoms with Crippen molar-refractivity contribution in [1.29, 1.82) is 5.26 Å². The molecule has 1 heterocycles. The smallest absolute Gasteiger partial charge is 0.283 e. The van der Waals surface area contributed by atoms with Crippen molar-refractivity contribution in [1.82, 2.24) is 0 Å². The van der Waals surface area contributed by atoms with E-state index in [2.05, 4.69) is 36.4 Å². The summed E-state index contributed by atoms with van der Waals surface area (Å²) in [7, 11) is 0. The van der Waals surface area contributed by atoms with Crippen LogP contribution in [-0.2, 0) is 6.54 Å². The Morgan fingerprint density at radius 3 is 2.50 bits per heavy atom. The Bertz CT molecular complexity index is 770. The van der Waals surface area contributed by atoms with E-state index >= 15 is 0 Å². The molecule has 3 heteroatoms. The van der Waals surface area contributed by atoms with Crippen LogP contribution in [0.1, 0.15) is 11.3 Å². The third kappa shape index (κ3) is 2.71. The second-order valence-electron chi connectivity index (χ2n) is 4.46. The maximum Gasteiger partial charge on any atom is 0.283 e. The first-order valence-corrected chi connectivity index (χ1v) is 6.24. The highest BCUT2D eigenvalue weighted by atomic mass is 79.9. The van der Waals surface area contributed by atoms with Crippen LogP contribution in [0.3, 0.4) is 0 Å². The molecule has 0 saturated heterocycles. The number of fused-ring (bicyclic) bond motifs is 1. The first-order chi connectivity index (χ1) is 9.38. The lowest BCUT2D eigenvalue weighted by molar-refractivity contribution is -0.690. The summed E-state index contributed by atoms with van der Waals surface area (Å²) in [6.45, 7) is 0.713. The molecule has 98 valence electrons. The number of pyridine rings is 1. The number of hydrogen-bond donors (Lipinski definition) is 0. The number of rotatable bonds is 2. The fourth-order valence-corrected chi connectivity index (χ4v) is 2.33. The molecule has 2 nitrogen and oxygen atoms in total. The van der Waals surface area contributed by atoms with Gasteiger partial charge in [0.05, 0.1) is 0 Å². The summed E-state index contributed by atoms with van der Waals surface area (Å²) in [5, 5.41) is 11.6. The van der Waals surface area contributed by atoms with Crippen molar-refractivity contribution in [3.8, 4) is 6.07 Å². The zero-order valence-corrected chi connectivity index (χ0v) is 12.4. The fourth-order valence-electron chi connectivity index (χ4n) is 2.33. The van der Waals surface area contributed by atoms with E-state index in [0.717, 1.165) is 0 Å². The highest BCUT2D eigenvalue weighted by Crippen LogP contribution is 2.18. The first-order valence-electron chi connectivity index (χ1n) is 6.24. The molecule has 0 bridgehead atoms. The largest absolute Gasteiger partial charge is 1.00 e. The van der Waals surface area contributed by atoms with Crippen molar-refractivity contribution in [2.45, 2.75) is 6.54 Å². The molecule has 0 atom stereocenters. The Hall–Kier alpha value is -2.18. The first kappa shape index (κ1) is 14.2. The summed E-state index contributed by atoms with van der Waals surface area (Å²) in [5.74, 6) is 0. The molecule has 0 aliphatic carbocycles. The van der Waals surface area contributed by atoms with Crippen molar-refractivity contribution in [2.24, 2.45) is 0 Å². The lowest BCUT2D eigenvalue weighted by atomic mass is 10.0. The van der Waals surface area contributed by atoms with E-state index in [0.29, 0.717) is 12.2 Å². The van der Waals surface area contributed by atoms with E-state index in [-0.39, 0.29) is 17.0 Å². The van der Waals surface area contributed by atoms with Gasteiger partial charge in [0.1, 0.15) is 0 Å². The minimum atomic E-state index is 0. The van der Waals surface area contributed by atoms with Gasteiger partial charge in [-0.05, 0) is 16.8 Å². The normalized spacial score (nSPS) is 9.75. The molecule has 0 N–H and O–H groups in total. The quantitative estimate of drug-likeness (QED) is 0.612. The Morgan fingerprint density at radius 1 is 0.900 bits per heavy atom. The van der Waals surface area contributed by atoms with Gasteiger partial charge in [0.15, 0.2) is 18.8 Å². The molecular formula is C17H13BrN2. The maximum absolute atomic E-state index is 9.14. The van der Waals surface area contributed by atoms with E-state index in [1.807, 2.05) is 41.1 Å². The summed E-state index contributed by atoms with van der Waals surface area (Å²) in [6, 6.07) is 22.5. The van der Waals surface area contributed by atoms with Crippen molar-refractivity contribution in [3.05, 3.63) is 78.1 Å². The molecule has 20 heavy (non-hydrogen) atoms. The molecule has 2 aromatic carbocycles. The molecule has 0 spiro atoms. The topological polar surface area (TPSA) is 27.7 Å². The van der Waals surface area contributed by atoms with Crippen LogP contribution in [0.2, 0.25) is 0 Å². The van der Waals surface area contributed by atoms with Gasteiger partial charge in [-0.2, -0.15) is 9.83 Å². The van der Waals surface area contributed by atoms with Crippen LogP contribution < -0.4 is 21.5 Å². The molecule has 0 fully saturated rings. The number of halogens is 1. The number of nitrogens with zero attached hydrogens (tertiary/aromatic N) is 2. The SMILES string of the molecule is N#Cc1cccc[n+]1Cc1cccc2ccccc12.[Br-]. The number of aromatic nitrogens is 1. The van der Waals surface area contributed by atoms with Crippen LogP contribution in [0.15, 0.2) is 66.9 Å². The van der Waals surface area contributed by atoms with Gasteiger partial charge in [0.2, 0.25) is 0 Å². The van der Waals surface area contributed by atoms with Gasteiger partial charge in [0.25, 0.3) is 5.69 Å². The van der Waals surface area contributed by atoms with Crippen molar-refractivity contribution in [2.75, 3.05) is 0 Å².